The molecule has 1 heterocycles. The highest BCUT2D eigenvalue weighted by Crippen LogP contribution is 2.38. The Morgan fingerprint density at radius 2 is 2.18 bits per heavy atom. The van der Waals surface area contributed by atoms with E-state index < -0.39 is 0 Å². The molecule has 0 radical (unpaired) electrons. The number of aromatic nitrogens is 2. The van der Waals surface area contributed by atoms with Gasteiger partial charge in [-0.2, -0.15) is 5.26 Å². The molecule has 2 N–H and O–H groups in total. The average Bonchev–Trinajstić information content (AvgIpc) is 2.77. The van der Waals surface area contributed by atoms with Crippen LogP contribution in [-0.4, -0.2) is 9.97 Å². The zero-order valence-electron chi connectivity index (χ0n) is 10.4. The standard InChI is InChI=1S/C13H18N4/c1-3-9-4-5-10(6-9)13-16-8(2)11(7-14)12(15)17-13/h9-10H,3-6H2,1-2H3,(H2,15,16,17). The van der Waals surface area contributed by atoms with E-state index in [0.29, 0.717) is 23.0 Å². The van der Waals surface area contributed by atoms with Crippen molar-refractivity contribution in [2.24, 2.45) is 5.92 Å². The SMILES string of the molecule is CCC1CCC(c2nc(C)c(C#N)c(N)n2)C1. The smallest absolute Gasteiger partial charge is 0.145 e. The fourth-order valence-electron chi connectivity index (χ4n) is 2.62. The molecular weight excluding hydrogens is 212 g/mol. The van der Waals surface area contributed by atoms with E-state index in [4.69, 9.17) is 11.0 Å². The molecule has 1 aromatic heterocycles. The van der Waals surface area contributed by atoms with Crippen LogP contribution in [-0.2, 0) is 0 Å². The van der Waals surface area contributed by atoms with Crippen LogP contribution in [0.1, 0.15) is 55.6 Å². The summed E-state index contributed by atoms with van der Waals surface area (Å²) in [6.07, 6.45) is 4.77. The number of hydrogen-bond donors (Lipinski definition) is 1. The summed E-state index contributed by atoms with van der Waals surface area (Å²) in [7, 11) is 0. The van der Waals surface area contributed by atoms with Crippen LogP contribution in [0.3, 0.4) is 0 Å². The Kier molecular flexibility index (Phi) is 3.28. The number of nitrogens with zero attached hydrogens (tertiary/aromatic N) is 3. The van der Waals surface area contributed by atoms with Gasteiger partial charge in [-0.1, -0.05) is 13.3 Å². The van der Waals surface area contributed by atoms with Gasteiger partial charge in [0.25, 0.3) is 0 Å². The Labute approximate surface area is 102 Å². The second-order valence-electron chi connectivity index (χ2n) is 4.82. The lowest BCUT2D eigenvalue weighted by molar-refractivity contribution is 0.516. The van der Waals surface area contributed by atoms with Gasteiger partial charge in [0.2, 0.25) is 0 Å². The van der Waals surface area contributed by atoms with Crippen molar-refractivity contribution in [2.75, 3.05) is 5.73 Å². The molecule has 0 aliphatic heterocycles. The van der Waals surface area contributed by atoms with E-state index in [2.05, 4.69) is 23.0 Å². The zero-order valence-corrected chi connectivity index (χ0v) is 10.4. The van der Waals surface area contributed by atoms with Crippen molar-refractivity contribution in [2.45, 2.75) is 45.4 Å². The Morgan fingerprint density at radius 1 is 1.41 bits per heavy atom. The predicted molar refractivity (Wildman–Crippen MR) is 66.3 cm³/mol. The molecule has 2 unspecified atom stereocenters. The molecule has 1 fully saturated rings. The van der Waals surface area contributed by atoms with Gasteiger partial charge in [0, 0.05) is 5.92 Å². The van der Waals surface area contributed by atoms with Gasteiger partial charge in [0.15, 0.2) is 0 Å². The average molecular weight is 230 g/mol. The maximum absolute atomic E-state index is 8.93. The highest BCUT2D eigenvalue weighted by atomic mass is 15.0. The monoisotopic (exact) mass is 230 g/mol. The van der Waals surface area contributed by atoms with E-state index in [1.54, 1.807) is 0 Å². The number of aryl methyl sites for hydroxylation is 1. The van der Waals surface area contributed by atoms with Gasteiger partial charge < -0.3 is 5.73 Å². The summed E-state index contributed by atoms with van der Waals surface area (Å²) in [5.41, 5.74) is 6.91. The van der Waals surface area contributed by atoms with Gasteiger partial charge in [0.1, 0.15) is 23.3 Å². The first-order chi connectivity index (χ1) is 8.15. The third kappa shape index (κ3) is 2.23. The molecule has 1 aliphatic rings. The highest BCUT2D eigenvalue weighted by Gasteiger charge is 2.27. The Bertz CT molecular complexity index is 438. The maximum Gasteiger partial charge on any atom is 0.145 e. The van der Waals surface area contributed by atoms with Crippen LogP contribution in [0.5, 0.6) is 0 Å². The van der Waals surface area contributed by atoms with Crippen LogP contribution in [0.25, 0.3) is 0 Å². The van der Waals surface area contributed by atoms with Crippen LogP contribution in [0, 0.1) is 24.2 Å². The molecule has 4 nitrogen and oxygen atoms in total. The lowest BCUT2D eigenvalue weighted by atomic mass is 10.0. The van der Waals surface area contributed by atoms with E-state index in [9.17, 15) is 0 Å². The molecule has 0 bridgehead atoms. The fourth-order valence-corrected chi connectivity index (χ4v) is 2.62. The third-order valence-electron chi connectivity index (χ3n) is 3.73. The minimum absolute atomic E-state index is 0.329. The third-order valence-corrected chi connectivity index (χ3v) is 3.73. The van der Waals surface area contributed by atoms with E-state index >= 15 is 0 Å². The van der Waals surface area contributed by atoms with E-state index in [0.717, 1.165) is 24.6 Å². The first kappa shape index (κ1) is 11.8. The molecule has 17 heavy (non-hydrogen) atoms. The van der Waals surface area contributed by atoms with Crippen LogP contribution in [0.4, 0.5) is 5.82 Å². The van der Waals surface area contributed by atoms with Crippen molar-refractivity contribution < 1.29 is 0 Å². The zero-order chi connectivity index (χ0) is 12.4. The summed E-state index contributed by atoms with van der Waals surface area (Å²) in [5, 5.41) is 8.93. The van der Waals surface area contributed by atoms with Crippen LogP contribution >= 0.6 is 0 Å². The molecule has 4 heteroatoms. The fraction of sp³-hybridized carbons (Fsp3) is 0.615. The topological polar surface area (TPSA) is 75.6 Å². The molecule has 1 saturated carbocycles. The van der Waals surface area contributed by atoms with Crippen molar-refractivity contribution in [1.82, 2.24) is 9.97 Å². The highest BCUT2D eigenvalue weighted by molar-refractivity contribution is 5.50. The van der Waals surface area contributed by atoms with E-state index in [1.807, 2.05) is 6.92 Å². The van der Waals surface area contributed by atoms with Crippen molar-refractivity contribution in [3.05, 3.63) is 17.1 Å². The number of rotatable bonds is 2. The quantitative estimate of drug-likeness (QED) is 0.847. The van der Waals surface area contributed by atoms with Gasteiger partial charge >= 0.3 is 0 Å². The molecule has 2 rings (SSSR count). The first-order valence-electron chi connectivity index (χ1n) is 6.19. The maximum atomic E-state index is 8.93. The largest absolute Gasteiger partial charge is 0.382 e. The van der Waals surface area contributed by atoms with Crippen LogP contribution in [0.15, 0.2) is 0 Å². The Hall–Kier alpha value is -1.63. The molecule has 90 valence electrons. The Balaban J connectivity index is 2.27. The summed E-state index contributed by atoms with van der Waals surface area (Å²) in [5.74, 6) is 2.37. The van der Waals surface area contributed by atoms with Gasteiger partial charge in [-0.15, -0.1) is 0 Å². The molecule has 0 amide bonds. The number of anilines is 1. The number of nitrogen functional groups attached to an aromatic ring is 1. The minimum atomic E-state index is 0.329. The molecule has 1 aromatic rings. The summed E-state index contributed by atoms with van der Waals surface area (Å²) in [4.78, 5) is 8.74. The minimum Gasteiger partial charge on any atom is -0.382 e. The summed E-state index contributed by atoms with van der Waals surface area (Å²) >= 11 is 0. The second-order valence-corrected chi connectivity index (χ2v) is 4.82. The van der Waals surface area contributed by atoms with Crippen molar-refractivity contribution in [3.8, 4) is 6.07 Å². The van der Waals surface area contributed by atoms with E-state index in [1.165, 1.54) is 12.8 Å². The molecule has 1 aliphatic carbocycles. The van der Waals surface area contributed by atoms with E-state index in [-0.39, 0.29) is 0 Å². The van der Waals surface area contributed by atoms with Crippen LogP contribution < -0.4 is 5.73 Å². The van der Waals surface area contributed by atoms with Gasteiger partial charge in [0.05, 0.1) is 5.69 Å². The summed E-state index contributed by atoms with van der Waals surface area (Å²) in [6, 6.07) is 2.05. The molecule has 0 spiro atoms. The number of nitriles is 1. The van der Waals surface area contributed by atoms with Crippen molar-refractivity contribution in [3.63, 3.8) is 0 Å². The van der Waals surface area contributed by atoms with Gasteiger partial charge in [-0.25, -0.2) is 9.97 Å². The molecule has 0 aromatic carbocycles. The van der Waals surface area contributed by atoms with Gasteiger partial charge in [-0.05, 0) is 32.1 Å². The molecular formula is C13H18N4. The summed E-state index contributed by atoms with van der Waals surface area (Å²) in [6.45, 7) is 4.05. The van der Waals surface area contributed by atoms with Crippen molar-refractivity contribution in [1.29, 1.82) is 5.26 Å². The van der Waals surface area contributed by atoms with Crippen molar-refractivity contribution >= 4 is 5.82 Å². The van der Waals surface area contributed by atoms with Crippen LogP contribution in [0.2, 0.25) is 0 Å². The van der Waals surface area contributed by atoms with Gasteiger partial charge in [-0.3, -0.25) is 0 Å². The number of nitrogens with two attached hydrogens (primary N) is 1. The first-order valence-corrected chi connectivity index (χ1v) is 6.19. The normalized spacial score (nSPS) is 23.6. The molecule has 0 saturated heterocycles. The molecule has 2 atom stereocenters. The lowest BCUT2D eigenvalue weighted by Gasteiger charge is -2.11. The Morgan fingerprint density at radius 3 is 2.71 bits per heavy atom. The second kappa shape index (κ2) is 4.70. The number of hydrogen-bond acceptors (Lipinski definition) is 4. The predicted octanol–water partition coefficient (Wildman–Crippen LogP) is 2.53. The lowest BCUT2D eigenvalue weighted by Crippen LogP contribution is -2.08. The summed E-state index contributed by atoms with van der Waals surface area (Å²) < 4.78 is 0.